The zero-order valence-electron chi connectivity index (χ0n) is 13.5. The molecule has 6 nitrogen and oxygen atoms in total. The summed E-state index contributed by atoms with van der Waals surface area (Å²) in [6.07, 6.45) is 2.16. The Morgan fingerprint density at radius 2 is 2.09 bits per heavy atom. The van der Waals surface area contributed by atoms with Crippen molar-refractivity contribution in [2.24, 2.45) is 5.92 Å². The van der Waals surface area contributed by atoms with Crippen LogP contribution >= 0.6 is 0 Å². The van der Waals surface area contributed by atoms with Gasteiger partial charge in [0.15, 0.2) is 0 Å². The maximum Gasteiger partial charge on any atom is 0.339 e. The highest BCUT2D eigenvalue weighted by Gasteiger charge is 2.34. The summed E-state index contributed by atoms with van der Waals surface area (Å²) in [7, 11) is 1.29. The third kappa shape index (κ3) is 4.09. The highest BCUT2D eigenvalue weighted by molar-refractivity contribution is 6.03. The van der Waals surface area contributed by atoms with Crippen LogP contribution in [0.4, 0.5) is 5.69 Å². The van der Waals surface area contributed by atoms with Gasteiger partial charge in [0.1, 0.15) is 0 Å². The number of likely N-dealkylation sites (tertiary alicyclic amines) is 1. The highest BCUT2D eigenvalue weighted by atomic mass is 16.5. The van der Waals surface area contributed by atoms with Gasteiger partial charge in [0, 0.05) is 19.5 Å². The van der Waals surface area contributed by atoms with Crippen LogP contribution in [0.1, 0.15) is 36.5 Å². The van der Waals surface area contributed by atoms with Crippen LogP contribution in [0.25, 0.3) is 0 Å². The molecule has 1 heterocycles. The number of nitrogens with zero attached hydrogens (tertiary/aromatic N) is 1. The maximum atomic E-state index is 12.4. The van der Waals surface area contributed by atoms with Gasteiger partial charge in [-0.15, -0.1) is 0 Å². The Bertz CT molecular complexity index is 600. The first-order valence-electron chi connectivity index (χ1n) is 7.82. The zero-order chi connectivity index (χ0) is 16.8. The Morgan fingerprint density at radius 1 is 1.35 bits per heavy atom. The van der Waals surface area contributed by atoms with Crippen LogP contribution < -0.4 is 5.32 Å². The summed E-state index contributed by atoms with van der Waals surface area (Å²) in [5, 5.41) is 2.75. The van der Waals surface area contributed by atoms with Crippen molar-refractivity contribution >= 4 is 23.5 Å². The van der Waals surface area contributed by atoms with Gasteiger partial charge in [0.2, 0.25) is 11.8 Å². The number of esters is 1. The van der Waals surface area contributed by atoms with E-state index in [1.807, 2.05) is 0 Å². The van der Waals surface area contributed by atoms with E-state index in [0.29, 0.717) is 24.3 Å². The minimum atomic E-state index is -0.507. The van der Waals surface area contributed by atoms with Crippen molar-refractivity contribution in [3.8, 4) is 0 Å². The molecule has 1 aliphatic heterocycles. The van der Waals surface area contributed by atoms with E-state index in [1.54, 1.807) is 29.2 Å². The summed E-state index contributed by atoms with van der Waals surface area (Å²) in [5.41, 5.74) is 0.708. The van der Waals surface area contributed by atoms with Crippen molar-refractivity contribution in [3.63, 3.8) is 0 Å². The molecule has 6 heteroatoms. The molecule has 0 spiro atoms. The molecule has 2 rings (SSSR count). The average molecular weight is 318 g/mol. The molecule has 1 aromatic carbocycles. The molecule has 1 aliphatic rings. The minimum Gasteiger partial charge on any atom is -0.465 e. The molecule has 0 radical (unpaired) electrons. The van der Waals surface area contributed by atoms with Gasteiger partial charge in [0.05, 0.1) is 24.3 Å². The smallest absolute Gasteiger partial charge is 0.339 e. The van der Waals surface area contributed by atoms with Gasteiger partial charge < -0.3 is 15.0 Å². The molecular weight excluding hydrogens is 296 g/mol. The van der Waals surface area contributed by atoms with Crippen molar-refractivity contribution < 1.29 is 19.1 Å². The third-order valence-corrected chi connectivity index (χ3v) is 3.96. The van der Waals surface area contributed by atoms with Crippen LogP contribution in [0, 0.1) is 5.92 Å². The number of rotatable bonds is 6. The second-order valence-electron chi connectivity index (χ2n) is 5.62. The molecule has 0 unspecified atom stereocenters. The van der Waals surface area contributed by atoms with Crippen LogP contribution in [-0.2, 0) is 14.3 Å². The number of hydrogen-bond donors (Lipinski definition) is 1. The molecule has 0 aliphatic carbocycles. The number of hydrogen-bond acceptors (Lipinski definition) is 4. The van der Waals surface area contributed by atoms with Gasteiger partial charge in [0.25, 0.3) is 0 Å². The van der Waals surface area contributed by atoms with E-state index < -0.39 is 5.97 Å². The second kappa shape index (κ2) is 7.76. The number of nitrogens with one attached hydrogen (secondary N) is 1. The molecule has 1 N–H and O–H groups in total. The molecular formula is C17H22N2O4. The summed E-state index contributed by atoms with van der Waals surface area (Å²) >= 11 is 0. The molecule has 0 saturated carbocycles. The molecule has 1 saturated heterocycles. The van der Waals surface area contributed by atoms with Gasteiger partial charge in [-0.25, -0.2) is 4.79 Å². The number of benzene rings is 1. The zero-order valence-corrected chi connectivity index (χ0v) is 13.5. The summed E-state index contributed by atoms with van der Waals surface area (Å²) in [6.45, 7) is 3.19. The number of carbonyl (C=O) groups excluding carboxylic acids is 3. The van der Waals surface area contributed by atoms with Crippen LogP contribution in [0.15, 0.2) is 24.3 Å². The van der Waals surface area contributed by atoms with E-state index in [4.69, 9.17) is 4.74 Å². The topological polar surface area (TPSA) is 75.7 Å². The average Bonchev–Trinajstić information content (AvgIpc) is 2.93. The number of para-hydroxylation sites is 1. The van der Waals surface area contributed by atoms with Gasteiger partial charge in [-0.2, -0.15) is 0 Å². The normalized spacial score (nSPS) is 17.2. The van der Waals surface area contributed by atoms with Crippen LogP contribution in [0.5, 0.6) is 0 Å². The Morgan fingerprint density at radius 3 is 2.78 bits per heavy atom. The van der Waals surface area contributed by atoms with Gasteiger partial charge in [-0.05, 0) is 18.6 Å². The number of ether oxygens (including phenoxy) is 1. The first-order valence-corrected chi connectivity index (χ1v) is 7.82. The summed E-state index contributed by atoms with van der Waals surface area (Å²) in [6, 6.07) is 6.67. The third-order valence-electron chi connectivity index (χ3n) is 3.96. The van der Waals surface area contributed by atoms with Crippen molar-refractivity contribution in [3.05, 3.63) is 29.8 Å². The number of methoxy groups -OCH3 is 1. The van der Waals surface area contributed by atoms with Gasteiger partial charge in [-0.3, -0.25) is 9.59 Å². The number of carbonyl (C=O) groups is 3. The number of amides is 2. The second-order valence-corrected chi connectivity index (χ2v) is 5.62. The standard InChI is InChI=1S/C17H22N2O4/c1-3-4-9-19-11-12(10-15(19)20)16(21)18-14-8-6-5-7-13(14)17(22)23-2/h5-8,12H,3-4,9-11H2,1-2H3,(H,18,21)/t12-/m0/s1. The lowest BCUT2D eigenvalue weighted by atomic mass is 10.1. The number of unbranched alkanes of at least 4 members (excludes halogenated alkanes) is 1. The maximum absolute atomic E-state index is 12.4. The van der Waals surface area contributed by atoms with Gasteiger partial charge >= 0.3 is 5.97 Å². The monoisotopic (exact) mass is 318 g/mol. The molecule has 1 atom stereocenters. The van der Waals surface area contributed by atoms with E-state index >= 15 is 0 Å². The molecule has 0 aromatic heterocycles. The van der Waals surface area contributed by atoms with Gasteiger partial charge in [-0.1, -0.05) is 25.5 Å². The lowest BCUT2D eigenvalue weighted by molar-refractivity contribution is -0.128. The number of anilines is 1. The molecule has 2 amide bonds. The largest absolute Gasteiger partial charge is 0.465 e. The predicted molar refractivity (Wildman–Crippen MR) is 86.0 cm³/mol. The summed E-state index contributed by atoms with van der Waals surface area (Å²) in [5.74, 6) is -1.12. The Kier molecular flexibility index (Phi) is 5.73. The van der Waals surface area contributed by atoms with E-state index in [-0.39, 0.29) is 24.2 Å². The first kappa shape index (κ1) is 17.0. The van der Waals surface area contributed by atoms with Crippen molar-refractivity contribution in [1.82, 2.24) is 4.90 Å². The van der Waals surface area contributed by atoms with E-state index in [0.717, 1.165) is 12.8 Å². The fourth-order valence-corrected chi connectivity index (χ4v) is 2.63. The van der Waals surface area contributed by atoms with E-state index in [2.05, 4.69) is 12.2 Å². The van der Waals surface area contributed by atoms with Crippen LogP contribution in [-0.4, -0.2) is 42.9 Å². The fourth-order valence-electron chi connectivity index (χ4n) is 2.63. The van der Waals surface area contributed by atoms with Crippen molar-refractivity contribution in [1.29, 1.82) is 0 Å². The lowest BCUT2D eigenvalue weighted by Gasteiger charge is -2.16. The van der Waals surface area contributed by atoms with Crippen LogP contribution in [0.2, 0.25) is 0 Å². The Hall–Kier alpha value is -2.37. The van der Waals surface area contributed by atoms with E-state index in [1.165, 1.54) is 7.11 Å². The van der Waals surface area contributed by atoms with Crippen molar-refractivity contribution in [2.45, 2.75) is 26.2 Å². The quantitative estimate of drug-likeness (QED) is 0.815. The molecule has 124 valence electrons. The molecule has 1 aromatic rings. The van der Waals surface area contributed by atoms with Crippen LogP contribution in [0.3, 0.4) is 0 Å². The summed E-state index contributed by atoms with van der Waals surface area (Å²) < 4.78 is 4.71. The van der Waals surface area contributed by atoms with Crippen molar-refractivity contribution in [2.75, 3.05) is 25.5 Å². The molecule has 1 fully saturated rings. The lowest BCUT2D eigenvalue weighted by Crippen LogP contribution is -2.29. The molecule has 0 bridgehead atoms. The Balaban J connectivity index is 2.03. The summed E-state index contributed by atoms with van der Waals surface area (Å²) in [4.78, 5) is 37.8. The predicted octanol–water partition coefficient (Wildman–Crippen LogP) is 2.06. The minimum absolute atomic E-state index is 0.0138. The first-order chi connectivity index (χ1) is 11.1. The molecule has 23 heavy (non-hydrogen) atoms. The SMILES string of the molecule is CCCCN1C[C@@H](C(=O)Nc2ccccc2C(=O)OC)CC1=O. The van der Waals surface area contributed by atoms with E-state index in [9.17, 15) is 14.4 Å². The fraction of sp³-hybridized carbons (Fsp3) is 0.471. The Labute approximate surface area is 135 Å². The highest BCUT2D eigenvalue weighted by Crippen LogP contribution is 2.22.